The number of aryl methyl sites for hydroxylation is 1. The van der Waals surface area contributed by atoms with Crippen LogP contribution in [-0.4, -0.2) is 18.7 Å². The van der Waals surface area contributed by atoms with E-state index in [0.717, 1.165) is 84.9 Å². The Morgan fingerprint density at radius 3 is 2.34 bits per heavy atom. The lowest BCUT2D eigenvalue weighted by molar-refractivity contribution is -0.117. The van der Waals surface area contributed by atoms with E-state index in [1.165, 1.54) is 18.1 Å². The smallest absolute Gasteiger partial charge is 0.221 e. The minimum absolute atomic E-state index is 0.122. The lowest BCUT2D eigenvalue weighted by atomic mass is 9.87. The first kappa shape index (κ1) is 35.4. The molecule has 1 atom stereocenters. The maximum Gasteiger partial charge on any atom is 0.221 e. The van der Waals surface area contributed by atoms with Crippen molar-refractivity contribution in [3.8, 4) is 5.75 Å². The van der Waals surface area contributed by atoms with Gasteiger partial charge in [-0.25, -0.2) is 0 Å². The Morgan fingerprint density at radius 1 is 0.955 bits per heavy atom. The number of alkyl halides is 1. The first-order valence-corrected chi connectivity index (χ1v) is 16.7. The number of hydrogen-bond acceptors (Lipinski definition) is 2. The molecule has 0 heterocycles. The van der Waals surface area contributed by atoms with Gasteiger partial charge in [0.05, 0.1) is 12.8 Å². The molecular formula is C38H46Cl2FNO2. The predicted molar refractivity (Wildman–Crippen MR) is 186 cm³/mol. The standard InChI is InChI=1S/C36H40Cl2FNO2.C2H6/c1-4-9-30(11-6-5-7-21-39)42-31-17-13-26(14-18-31)36-32-19-15-27(24(2)40-25(3)41)22-28(32)10-8-12-34(36)33-20-16-29(37)23-35(33)38;1-2/h13-20,22-23,30H,2,4-12,21H2,1,3H3,(H,40,41);1-2H3. The van der Waals surface area contributed by atoms with Crippen molar-refractivity contribution in [2.75, 3.05) is 6.67 Å². The van der Waals surface area contributed by atoms with Crippen LogP contribution >= 0.6 is 23.2 Å². The summed E-state index contributed by atoms with van der Waals surface area (Å²) in [5.41, 5.74) is 8.19. The Morgan fingerprint density at radius 2 is 1.68 bits per heavy atom. The van der Waals surface area contributed by atoms with Gasteiger partial charge in [-0.15, -0.1) is 0 Å². The maximum absolute atomic E-state index is 12.5. The van der Waals surface area contributed by atoms with Crippen LogP contribution in [0.1, 0.15) is 107 Å². The normalized spacial score (nSPS) is 13.2. The molecule has 236 valence electrons. The zero-order chi connectivity index (χ0) is 32.1. The molecule has 44 heavy (non-hydrogen) atoms. The van der Waals surface area contributed by atoms with Crippen LogP contribution in [0.2, 0.25) is 10.0 Å². The van der Waals surface area contributed by atoms with Gasteiger partial charge < -0.3 is 10.1 Å². The molecule has 3 nitrogen and oxygen atoms in total. The molecule has 0 radical (unpaired) electrons. The minimum Gasteiger partial charge on any atom is -0.490 e. The third-order valence-corrected chi connectivity index (χ3v) is 8.24. The van der Waals surface area contributed by atoms with Crippen molar-refractivity contribution < 1.29 is 13.9 Å². The van der Waals surface area contributed by atoms with E-state index in [2.05, 4.69) is 43.1 Å². The third kappa shape index (κ3) is 9.71. The molecule has 1 unspecified atom stereocenters. The average molecular weight is 639 g/mol. The topological polar surface area (TPSA) is 38.3 Å². The van der Waals surface area contributed by atoms with E-state index < -0.39 is 0 Å². The summed E-state index contributed by atoms with van der Waals surface area (Å²) in [7, 11) is 0. The van der Waals surface area contributed by atoms with Gasteiger partial charge >= 0.3 is 0 Å². The van der Waals surface area contributed by atoms with Crippen molar-refractivity contribution in [2.45, 2.75) is 91.6 Å². The van der Waals surface area contributed by atoms with Crippen molar-refractivity contribution in [1.29, 1.82) is 0 Å². The molecule has 3 aromatic rings. The highest BCUT2D eigenvalue weighted by Crippen LogP contribution is 2.43. The van der Waals surface area contributed by atoms with Crippen LogP contribution in [0, 0.1) is 0 Å². The van der Waals surface area contributed by atoms with E-state index in [0.29, 0.717) is 22.2 Å². The van der Waals surface area contributed by atoms with Gasteiger partial charge in [-0.2, -0.15) is 0 Å². The van der Waals surface area contributed by atoms with Crippen molar-refractivity contribution >= 4 is 46.0 Å². The second kappa shape index (κ2) is 18.0. The van der Waals surface area contributed by atoms with Crippen LogP contribution in [0.3, 0.4) is 0 Å². The highest BCUT2D eigenvalue weighted by molar-refractivity contribution is 6.36. The van der Waals surface area contributed by atoms with Gasteiger partial charge in [0.2, 0.25) is 5.91 Å². The van der Waals surface area contributed by atoms with Crippen LogP contribution in [0.5, 0.6) is 5.75 Å². The summed E-state index contributed by atoms with van der Waals surface area (Å²) < 4.78 is 18.9. The molecule has 0 spiro atoms. The van der Waals surface area contributed by atoms with Gasteiger partial charge in [-0.1, -0.05) is 93.7 Å². The fourth-order valence-electron chi connectivity index (χ4n) is 5.71. The van der Waals surface area contributed by atoms with Crippen LogP contribution in [0.25, 0.3) is 16.8 Å². The van der Waals surface area contributed by atoms with E-state index in [-0.39, 0.29) is 18.7 Å². The molecule has 1 N–H and O–H groups in total. The Labute approximate surface area is 273 Å². The molecule has 1 amide bonds. The van der Waals surface area contributed by atoms with E-state index in [1.54, 1.807) is 6.07 Å². The second-order valence-electron chi connectivity index (χ2n) is 11.0. The quantitative estimate of drug-likeness (QED) is 0.189. The van der Waals surface area contributed by atoms with Gasteiger partial charge in [0, 0.05) is 22.7 Å². The number of amides is 1. The fourth-order valence-corrected chi connectivity index (χ4v) is 6.24. The third-order valence-electron chi connectivity index (χ3n) is 7.70. The van der Waals surface area contributed by atoms with E-state index in [4.69, 9.17) is 27.9 Å². The number of unbranched alkanes of at least 4 members (excludes halogenated alkanes) is 2. The zero-order valence-corrected chi connectivity index (χ0v) is 28.1. The van der Waals surface area contributed by atoms with Gasteiger partial charge in [0.1, 0.15) is 5.75 Å². The number of fused-ring (bicyclic) bond motifs is 1. The molecule has 0 aromatic heterocycles. The summed E-state index contributed by atoms with van der Waals surface area (Å²) in [6.07, 6.45) is 8.23. The highest BCUT2D eigenvalue weighted by atomic mass is 35.5. The lowest BCUT2D eigenvalue weighted by Crippen LogP contribution is -2.17. The Balaban J connectivity index is 0.00000259. The molecule has 3 aromatic carbocycles. The number of carbonyl (C=O) groups is 1. The van der Waals surface area contributed by atoms with Gasteiger partial charge in [0.15, 0.2) is 0 Å². The summed E-state index contributed by atoms with van der Waals surface area (Å²) in [6, 6.07) is 20.3. The first-order valence-electron chi connectivity index (χ1n) is 15.9. The molecule has 1 aliphatic rings. The largest absolute Gasteiger partial charge is 0.490 e. The van der Waals surface area contributed by atoms with Crippen LogP contribution in [0.4, 0.5) is 4.39 Å². The highest BCUT2D eigenvalue weighted by Gasteiger charge is 2.22. The maximum atomic E-state index is 12.5. The van der Waals surface area contributed by atoms with Gasteiger partial charge in [-0.05, 0) is 114 Å². The summed E-state index contributed by atoms with van der Waals surface area (Å²) in [5.74, 6) is 0.698. The number of halogens is 3. The summed E-state index contributed by atoms with van der Waals surface area (Å²) in [6.45, 7) is 11.5. The molecule has 6 heteroatoms. The van der Waals surface area contributed by atoms with Crippen molar-refractivity contribution in [3.63, 3.8) is 0 Å². The Bertz CT molecular complexity index is 1430. The molecule has 1 aliphatic carbocycles. The van der Waals surface area contributed by atoms with Gasteiger partial charge in [-0.3, -0.25) is 9.18 Å². The van der Waals surface area contributed by atoms with Crippen molar-refractivity contribution in [3.05, 3.63) is 105 Å². The lowest BCUT2D eigenvalue weighted by Gasteiger charge is -2.21. The number of carbonyl (C=O) groups excluding carboxylic acids is 1. The molecule has 0 saturated heterocycles. The van der Waals surface area contributed by atoms with E-state index in [1.807, 2.05) is 44.2 Å². The molecule has 0 saturated carbocycles. The number of allylic oxidation sites excluding steroid dienone is 1. The number of hydrogen-bond donors (Lipinski definition) is 1. The van der Waals surface area contributed by atoms with Crippen LogP contribution in [-0.2, 0) is 11.2 Å². The minimum atomic E-state index is -0.256. The zero-order valence-electron chi connectivity index (χ0n) is 26.6. The summed E-state index contributed by atoms with van der Waals surface area (Å²) >= 11 is 13.0. The number of benzene rings is 3. The monoisotopic (exact) mass is 637 g/mol. The predicted octanol–water partition coefficient (Wildman–Crippen LogP) is 11.5. The Kier molecular flexibility index (Phi) is 14.5. The first-order chi connectivity index (χ1) is 21.3. The number of nitrogens with one attached hydrogen (secondary N) is 1. The fraction of sp³-hybridized carbons (Fsp3) is 0.395. The average Bonchev–Trinajstić information content (AvgIpc) is 3.19. The summed E-state index contributed by atoms with van der Waals surface area (Å²) in [4.78, 5) is 11.6. The summed E-state index contributed by atoms with van der Waals surface area (Å²) in [5, 5.41) is 4.05. The van der Waals surface area contributed by atoms with Gasteiger partial charge in [0.25, 0.3) is 0 Å². The second-order valence-corrected chi connectivity index (χ2v) is 11.8. The van der Waals surface area contributed by atoms with E-state index >= 15 is 0 Å². The Hall–Kier alpha value is -3.08. The molecule has 4 rings (SSSR count). The molecule has 0 bridgehead atoms. The molecular weight excluding hydrogens is 592 g/mol. The number of ether oxygens (including phenoxy) is 1. The number of rotatable bonds is 13. The molecule has 0 fully saturated rings. The SMILES string of the molecule is C=C(NC(C)=O)c1ccc2c(c1)CCCC(c1ccc(Cl)cc1Cl)=C2c1ccc(OC(CCC)CCCCCF)cc1.CC. The van der Waals surface area contributed by atoms with Crippen molar-refractivity contribution in [1.82, 2.24) is 5.32 Å². The van der Waals surface area contributed by atoms with Crippen LogP contribution < -0.4 is 10.1 Å². The van der Waals surface area contributed by atoms with Crippen molar-refractivity contribution in [2.24, 2.45) is 0 Å². The van der Waals surface area contributed by atoms with Crippen LogP contribution in [0.15, 0.2) is 67.2 Å². The van der Waals surface area contributed by atoms with E-state index in [9.17, 15) is 9.18 Å². The molecule has 0 aliphatic heterocycles.